The van der Waals surface area contributed by atoms with Gasteiger partial charge < -0.3 is 4.74 Å². The van der Waals surface area contributed by atoms with Crippen LogP contribution in [0.1, 0.15) is 30.5 Å². The molecule has 0 spiro atoms. The van der Waals surface area contributed by atoms with E-state index >= 15 is 0 Å². The van der Waals surface area contributed by atoms with Gasteiger partial charge in [-0.2, -0.15) is 5.26 Å². The molecule has 0 fully saturated rings. The number of allylic oxidation sites excluding steroid dienone is 4. The smallest absolute Gasteiger partial charge is 0.0991 e. The van der Waals surface area contributed by atoms with E-state index in [1.807, 2.05) is 69.4 Å². The highest BCUT2D eigenvalue weighted by molar-refractivity contribution is 5.37. The fourth-order valence-electron chi connectivity index (χ4n) is 1.76. The Bertz CT molecular complexity index is 559. The molecule has 0 unspecified atom stereocenters. The highest BCUT2D eigenvalue weighted by atomic mass is 16.5. The van der Waals surface area contributed by atoms with Gasteiger partial charge in [0, 0.05) is 0 Å². The van der Waals surface area contributed by atoms with E-state index in [2.05, 4.69) is 6.07 Å². The molecule has 0 aliphatic rings. The van der Waals surface area contributed by atoms with Crippen LogP contribution in [0.15, 0.2) is 54.2 Å². The average molecular weight is 267 g/mol. The van der Waals surface area contributed by atoms with E-state index in [9.17, 15) is 0 Å². The summed E-state index contributed by atoms with van der Waals surface area (Å²) in [5.41, 5.74) is 4.01. The summed E-state index contributed by atoms with van der Waals surface area (Å²) in [4.78, 5) is 0. The normalized spacial score (nSPS) is 12.2. The summed E-state index contributed by atoms with van der Waals surface area (Å²) in [5, 5.41) is 8.92. The van der Waals surface area contributed by atoms with Gasteiger partial charge in [-0.3, -0.25) is 0 Å². The third-order valence-corrected chi connectivity index (χ3v) is 2.89. The number of ether oxygens (including phenoxy) is 1. The van der Waals surface area contributed by atoms with E-state index in [-0.39, 0.29) is 0 Å². The molecule has 2 nitrogen and oxygen atoms in total. The molecule has 1 aromatic rings. The fourth-order valence-corrected chi connectivity index (χ4v) is 1.76. The van der Waals surface area contributed by atoms with Gasteiger partial charge in [0.05, 0.1) is 24.8 Å². The molecule has 0 bridgehead atoms. The molecule has 0 aromatic heterocycles. The first-order chi connectivity index (χ1) is 9.71. The Morgan fingerprint density at radius 1 is 1.30 bits per heavy atom. The van der Waals surface area contributed by atoms with E-state index in [1.54, 1.807) is 0 Å². The maximum Gasteiger partial charge on any atom is 0.0991 e. The Morgan fingerprint density at radius 2 is 2.10 bits per heavy atom. The molecule has 0 N–H and O–H groups in total. The van der Waals surface area contributed by atoms with Crippen LogP contribution in [-0.4, -0.2) is 6.61 Å². The second-order valence-corrected chi connectivity index (χ2v) is 4.51. The second-order valence-electron chi connectivity index (χ2n) is 4.51. The van der Waals surface area contributed by atoms with E-state index in [4.69, 9.17) is 10.00 Å². The first-order valence-electron chi connectivity index (χ1n) is 6.73. The number of nitriles is 1. The maximum atomic E-state index is 8.92. The van der Waals surface area contributed by atoms with Crippen molar-refractivity contribution in [3.63, 3.8) is 0 Å². The highest BCUT2D eigenvalue weighted by Crippen LogP contribution is 2.12. The summed E-state index contributed by atoms with van der Waals surface area (Å²) in [6, 6.07) is 7.83. The Balaban J connectivity index is 2.65. The molecule has 1 aromatic carbocycles. The van der Waals surface area contributed by atoms with E-state index in [0.29, 0.717) is 18.8 Å². The van der Waals surface area contributed by atoms with Crippen molar-refractivity contribution in [3.05, 3.63) is 70.8 Å². The molecular weight excluding hydrogens is 246 g/mol. The molecule has 0 saturated heterocycles. The highest BCUT2D eigenvalue weighted by Gasteiger charge is 2.01. The molecule has 0 atom stereocenters. The Hall–Kier alpha value is -2.11. The molecule has 0 heterocycles. The first-order valence-corrected chi connectivity index (χ1v) is 6.73. The minimum atomic E-state index is 0.520. The van der Waals surface area contributed by atoms with Crippen molar-refractivity contribution in [2.75, 3.05) is 6.61 Å². The van der Waals surface area contributed by atoms with Crippen LogP contribution in [0.3, 0.4) is 0 Å². The molecule has 0 aliphatic carbocycles. The topological polar surface area (TPSA) is 33.0 Å². The molecule has 0 aliphatic heterocycles. The molecule has 2 heteroatoms. The lowest BCUT2D eigenvalue weighted by Gasteiger charge is -2.08. The quantitative estimate of drug-likeness (QED) is 0.713. The largest absolute Gasteiger partial charge is 0.372 e. The van der Waals surface area contributed by atoms with Crippen molar-refractivity contribution in [2.24, 2.45) is 0 Å². The summed E-state index contributed by atoms with van der Waals surface area (Å²) >= 11 is 0. The third-order valence-electron chi connectivity index (χ3n) is 2.89. The van der Waals surface area contributed by atoms with Crippen LogP contribution in [0.2, 0.25) is 0 Å². The Labute approximate surface area is 121 Å². The van der Waals surface area contributed by atoms with Crippen LogP contribution < -0.4 is 0 Å². The molecule has 1 rings (SSSR count). The third kappa shape index (κ3) is 5.26. The van der Waals surface area contributed by atoms with Gasteiger partial charge in [-0.15, -0.1) is 0 Å². The monoisotopic (exact) mass is 267 g/mol. The SMILES string of the molecule is C\C=C/C=C(\C=C/C)COCc1cc(C#N)ccc1C. The number of hydrogen-bond donors (Lipinski definition) is 0. The van der Waals surface area contributed by atoms with Crippen molar-refractivity contribution in [1.29, 1.82) is 5.26 Å². The summed E-state index contributed by atoms with van der Waals surface area (Å²) in [6.45, 7) is 7.09. The molecule has 104 valence electrons. The van der Waals surface area contributed by atoms with Crippen molar-refractivity contribution in [2.45, 2.75) is 27.4 Å². The first kappa shape index (κ1) is 15.9. The lowest BCUT2D eigenvalue weighted by Crippen LogP contribution is -1.99. The van der Waals surface area contributed by atoms with Crippen molar-refractivity contribution >= 4 is 0 Å². The van der Waals surface area contributed by atoms with E-state index < -0.39 is 0 Å². The lowest BCUT2D eigenvalue weighted by molar-refractivity contribution is 0.144. The Morgan fingerprint density at radius 3 is 2.75 bits per heavy atom. The summed E-state index contributed by atoms with van der Waals surface area (Å²) in [5.74, 6) is 0. The number of nitrogens with zero attached hydrogens (tertiary/aromatic N) is 1. The zero-order chi connectivity index (χ0) is 14.8. The predicted molar refractivity (Wildman–Crippen MR) is 83.3 cm³/mol. The van der Waals surface area contributed by atoms with Crippen molar-refractivity contribution in [1.82, 2.24) is 0 Å². The lowest BCUT2D eigenvalue weighted by atomic mass is 10.1. The van der Waals surface area contributed by atoms with Gasteiger partial charge in [0.2, 0.25) is 0 Å². The number of aryl methyl sites for hydroxylation is 1. The van der Waals surface area contributed by atoms with Gasteiger partial charge in [0.1, 0.15) is 0 Å². The minimum absolute atomic E-state index is 0.520. The number of hydrogen-bond acceptors (Lipinski definition) is 2. The van der Waals surface area contributed by atoms with Gasteiger partial charge in [-0.25, -0.2) is 0 Å². The van der Waals surface area contributed by atoms with Gasteiger partial charge in [-0.1, -0.05) is 36.4 Å². The number of benzene rings is 1. The Kier molecular flexibility index (Phi) is 7.10. The van der Waals surface area contributed by atoms with Crippen LogP contribution in [-0.2, 0) is 11.3 Å². The molecule has 0 radical (unpaired) electrons. The maximum absolute atomic E-state index is 8.92. The van der Waals surface area contributed by atoms with E-state index in [1.165, 1.54) is 0 Å². The van der Waals surface area contributed by atoms with Crippen LogP contribution in [0.4, 0.5) is 0 Å². The summed E-state index contributed by atoms with van der Waals surface area (Å²) in [6.07, 6.45) is 10.1. The molecule has 0 saturated carbocycles. The van der Waals surface area contributed by atoms with Gasteiger partial charge in [-0.05, 0) is 49.6 Å². The van der Waals surface area contributed by atoms with Crippen LogP contribution in [0.5, 0.6) is 0 Å². The van der Waals surface area contributed by atoms with Gasteiger partial charge in [0.25, 0.3) is 0 Å². The summed E-state index contributed by atoms with van der Waals surface area (Å²) in [7, 11) is 0. The number of rotatable bonds is 6. The zero-order valence-corrected chi connectivity index (χ0v) is 12.4. The van der Waals surface area contributed by atoms with Gasteiger partial charge in [0.15, 0.2) is 0 Å². The minimum Gasteiger partial charge on any atom is -0.372 e. The molecule has 20 heavy (non-hydrogen) atoms. The van der Waals surface area contributed by atoms with Crippen molar-refractivity contribution < 1.29 is 4.74 Å². The van der Waals surface area contributed by atoms with Crippen LogP contribution in [0, 0.1) is 18.3 Å². The molecular formula is C18H21NO. The average Bonchev–Trinajstić information content (AvgIpc) is 2.46. The van der Waals surface area contributed by atoms with Crippen LogP contribution in [0.25, 0.3) is 0 Å². The van der Waals surface area contributed by atoms with Crippen LogP contribution >= 0.6 is 0 Å². The second kappa shape index (κ2) is 8.90. The predicted octanol–water partition coefficient (Wildman–Crippen LogP) is 4.46. The summed E-state index contributed by atoms with van der Waals surface area (Å²) < 4.78 is 5.75. The van der Waals surface area contributed by atoms with Gasteiger partial charge >= 0.3 is 0 Å². The fraction of sp³-hybridized carbons (Fsp3) is 0.278. The van der Waals surface area contributed by atoms with Crippen molar-refractivity contribution in [3.8, 4) is 6.07 Å². The van der Waals surface area contributed by atoms with E-state index in [0.717, 1.165) is 16.7 Å². The molecule has 0 amide bonds. The standard InChI is InChI=1S/C18H21NO/c1-4-6-8-16(7-5-2)13-20-14-18-11-17(12-19)10-9-15(18)3/h4-11H,13-14H2,1-3H3/b6-4-,7-5-,16-8+. The zero-order valence-electron chi connectivity index (χ0n) is 12.4.